The summed E-state index contributed by atoms with van der Waals surface area (Å²) in [6, 6.07) is 6.25. The number of hydrogen-bond acceptors (Lipinski definition) is 4. The number of H-pyrrole nitrogens is 2. The van der Waals surface area contributed by atoms with Crippen molar-refractivity contribution in [1.29, 1.82) is 0 Å². The Kier molecular flexibility index (Phi) is 4.24. The molecule has 0 atom stereocenters. The van der Waals surface area contributed by atoms with Gasteiger partial charge in [0.05, 0.1) is 11.3 Å². The van der Waals surface area contributed by atoms with E-state index in [-0.39, 0.29) is 5.56 Å². The Morgan fingerprint density at radius 2 is 2.29 bits per heavy atom. The Hall–Kier alpha value is -1.57. The molecule has 0 fully saturated rings. The summed E-state index contributed by atoms with van der Waals surface area (Å²) >= 11 is 5.01. The van der Waals surface area contributed by atoms with Gasteiger partial charge in [-0.05, 0) is 30.0 Å². The van der Waals surface area contributed by atoms with Gasteiger partial charge in [0.25, 0.3) is 5.56 Å². The monoisotopic (exact) mass is 404 g/mol. The lowest BCUT2D eigenvalue weighted by atomic mass is 10.1. The molecule has 0 radical (unpaired) electrons. The molecule has 124 valence electrons. The molecular weight excluding hydrogens is 388 g/mol. The van der Waals surface area contributed by atoms with Gasteiger partial charge in [0.2, 0.25) is 0 Å². The third kappa shape index (κ3) is 2.92. The maximum atomic E-state index is 12.3. The fourth-order valence-corrected chi connectivity index (χ4v) is 3.97. The number of fused-ring (bicyclic) bond motifs is 2. The summed E-state index contributed by atoms with van der Waals surface area (Å²) in [7, 11) is 0. The largest absolute Gasteiger partial charge is 0.361 e. The van der Waals surface area contributed by atoms with Crippen molar-refractivity contribution in [3.8, 4) is 0 Å². The van der Waals surface area contributed by atoms with Gasteiger partial charge in [0, 0.05) is 47.6 Å². The summed E-state index contributed by atoms with van der Waals surface area (Å²) in [4.78, 5) is 25.3. The van der Waals surface area contributed by atoms with Crippen molar-refractivity contribution in [2.45, 2.75) is 24.7 Å². The summed E-state index contributed by atoms with van der Waals surface area (Å²) in [5.41, 5.74) is 4.13. The van der Waals surface area contributed by atoms with E-state index in [0.29, 0.717) is 11.7 Å². The SMILES string of the molecule is CSc1nc2c(c(=O)[nH]1)CN(Cc1c[nH]c3ccc(Br)cc13)CC2. The molecule has 7 heteroatoms. The standard InChI is InChI=1S/C17H17BrN4OS/c1-24-17-20-15-4-5-22(9-13(15)16(23)21-17)8-10-7-19-14-3-2-11(18)6-12(10)14/h2-3,6-7,19H,4-5,8-9H2,1H3,(H,20,21,23). The Bertz CT molecular complexity index is 965. The lowest BCUT2D eigenvalue weighted by Gasteiger charge is -2.27. The molecule has 1 aromatic carbocycles. The summed E-state index contributed by atoms with van der Waals surface area (Å²) in [6.45, 7) is 2.38. The lowest BCUT2D eigenvalue weighted by molar-refractivity contribution is 0.242. The van der Waals surface area contributed by atoms with Crippen LogP contribution >= 0.6 is 27.7 Å². The second-order valence-electron chi connectivity index (χ2n) is 5.96. The molecule has 5 nitrogen and oxygen atoms in total. The van der Waals surface area contributed by atoms with Crippen molar-refractivity contribution < 1.29 is 0 Å². The number of nitrogens with one attached hydrogen (secondary N) is 2. The average molecular weight is 405 g/mol. The van der Waals surface area contributed by atoms with Crippen LogP contribution in [0.4, 0.5) is 0 Å². The van der Waals surface area contributed by atoms with E-state index in [9.17, 15) is 4.79 Å². The molecule has 2 N–H and O–H groups in total. The number of aromatic amines is 2. The predicted octanol–water partition coefficient (Wildman–Crippen LogP) is 3.29. The Balaban J connectivity index is 1.61. The van der Waals surface area contributed by atoms with Crippen molar-refractivity contribution in [2.75, 3.05) is 12.8 Å². The molecular formula is C17H17BrN4OS. The average Bonchev–Trinajstić information content (AvgIpc) is 2.97. The molecule has 1 aliphatic heterocycles. The van der Waals surface area contributed by atoms with E-state index < -0.39 is 0 Å². The second-order valence-corrected chi connectivity index (χ2v) is 7.68. The third-order valence-electron chi connectivity index (χ3n) is 4.44. The predicted molar refractivity (Wildman–Crippen MR) is 100 cm³/mol. The number of nitrogens with zero attached hydrogens (tertiary/aromatic N) is 2. The molecule has 1 aliphatic rings. The lowest BCUT2D eigenvalue weighted by Crippen LogP contribution is -2.35. The molecule has 2 aromatic heterocycles. The molecule has 0 saturated heterocycles. The van der Waals surface area contributed by atoms with E-state index in [2.05, 4.69) is 54.1 Å². The molecule has 3 aromatic rings. The van der Waals surface area contributed by atoms with Gasteiger partial charge in [-0.1, -0.05) is 27.7 Å². The maximum absolute atomic E-state index is 12.3. The van der Waals surface area contributed by atoms with Crippen molar-refractivity contribution >= 4 is 38.6 Å². The maximum Gasteiger partial charge on any atom is 0.256 e. The van der Waals surface area contributed by atoms with Crippen LogP contribution in [0.25, 0.3) is 10.9 Å². The minimum atomic E-state index is -0.00396. The second kappa shape index (κ2) is 6.38. The number of thioether (sulfide) groups is 1. The van der Waals surface area contributed by atoms with E-state index in [4.69, 9.17) is 0 Å². The van der Waals surface area contributed by atoms with Gasteiger partial charge in [-0.25, -0.2) is 4.98 Å². The van der Waals surface area contributed by atoms with Gasteiger partial charge in [-0.3, -0.25) is 9.69 Å². The zero-order valence-electron chi connectivity index (χ0n) is 13.2. The van der Waals surface area contributed by atoms with E-state index in [1.807, 2.05) is 12.3 Å². The molecule has 0 saturated carbocycles. The van der Waals surface area contributed by atoms with Crippen LogP contribution in [-0.4, -0.2) is 32.7 Å². The molecule has 0 unspecified atom stereocenters. The molecule has 0 amide bonds. The van der Waals surface area contributed by atoms with Crippen molar-refractivity contribution in [3.63, 3.8) is 0 Å². The fourth-order valence-electron chi connectivity index (χ4n) is 3.21. The van der Waals surface area contributed by atoms with Crippen LogP contribution < -0.4 is 5.56 Å². The van der Waals surface area contributed by atoms with E-state index in [1.165, 1.54) is 22.7 Å². The molecule has 0 spiro atoms. The first kappa shape index (κ1) is 15.9. The highest BCUT2D eigenvalue weighted by atomic mass is 79.9. The molecule has 0 aliphatic carbocycles. The highest BCUT2D eigenvalue weighted by molar-refractivity contribution is 9.10. The van der Waals surface area contributed by atoms with Gasteiger partial charge in [-0.2, -0.15) is 0 Å². The molecule has 24 heavy (non-hydrogen) atoms. The number of rotatable bonds is 3. The van der Waals surface area contributed by atoms with Crippen molar-refractivity contribution in [3.05, 3.63) is 56.0 Å². The van der Waals surface area contributed by atoms with Crippen LogP contribution in [0.15, 0.2) is 38.8 Å². The Labute approximate surface area is 152 Å². The molecule has 4 rings (SSSR count). The summed E-state index contributed by atoms with van der Waals surface area (Å²) in [6.07, 6.45) is 4.81. The van der Waals surface area contributed by atoms with Crippen LogP contribution in [-0.2, 0) is 19.5 Å². The number of halogens is 1. The van der Waals surface area contributed by atoms with E-state index in [1.54, 1.807) is 0 Å². The van der Waals surface area contributed by atoms with Gasteiger partial charge in [0.15, 0.2) is 5.16 Å². The van der Waals surface area contributed by atoms with Gasteiger partial charge in [0.1, 0.15) is 0 Å². The quantitative estimate of drug-likeness (QED) is 0.519. The number of aromatic nitrogens is 3. The van der Waals surface area contributed by atoms with Crippen LogP contribution in [0.5, 0.6) is 0 Å². The first-order chi connectivity index (χ1) is 11.6. The molecule has 3 heterocycles. The number of benzene rings is 1. The Morgan fingerprint density at radius 3 is 3.12 bits per heavy atom. The van der Waals surface area contributed by atoms with Gasteiger partial charge < -0.3 is 9.97 Å². The minimum Gasteiger partial charge on any atom is -0.361 e. The smallest absolute Gasteiger partial charge is 0.256 e. The van der Waals surface area contributed by atoms with Gasteiger partial charge in [-0.15, -0.1) is 0 Å². The van der Waals surface area contributed by atoms with Crippen LogP contribution in [0, 0.1) is 0 Å². The van der Waals surface area contributed by atoms with Crippen LogP contribution in [0.1, 0.15) is 16.8 Å². The zero-order chi connectivity index (χ0) is 16.7. The van der Waals surface area contributed by atoms with Gasteiger partial charge >= 0.3 is 0 Å². The molecule has 0 bridgehead atoms. The van der Waals surface area contributed by atoms with Crippen molar-refractivity contribution in [2.24, 2.45) is 0 Å². The highest BCUT2D eigenvalue weighted by Crippen LogP contribution is 2.25. The van der Waals surface area contributed by atoms with E-state index >= 15 is 0 Å². The number of hydrogen-bond donors (Lipinski definition) is 2. The van der Waals surface area contributed by atoms with Crippen LogP contribution in [0.2, 0.25) is 0 Å². The topological polar surface area (TPSA) is 64.8 Å². The summed E-state index contributed by atoms with van der Waals surface area (Å²) in [5, 5.41) is 1.92. The van der Waals surface area contributed by atoms with Crippen molar-refractivity contribution in [1.82, 2.24) is 19.9 Å². The zero-order valence-corrected chi connectivity index (χ0v) is 15.6. The van der Waals surface area contributed by atoms with Crippen LogP contribution in [0.3, 0.4) is 0 Å². The van der Waals surface area contributed by atoms with E-state index in [0.717, 1.165) is 40.8 Å². The third-order valence-corrected chi connectivity index (χ3v) is 5.52. The fraction of sp³-hybridized carbons (Fsp3) is 0.294. The first-order valence-corrected chi connectivity index (χ1v) is 9.80. The minimum absolute atomic E-state index is 0.00396. The first-order valence-electron chi connectivity index (χ1n) is 7.78. The normalized spacial score (nSPS) is 14.9. The Morgan fingerprint density at radius 1 is 1.42 bits per heavy atom. The summed E-state index contributed by atoms with van der Waals surface area (Å²) in [5.74, 6) is 0. The summed E-state index contributed by atoms with van der Waals surface area (Å²) < 4.78 is 1.07. The highest BCUT2D eigenvalue weighted by Gasteiger charge is 2.22.